The number of nitrogens with one attached hydrogen (secondary N) is 1. The molecule has 0 bridgehead atoms. The molecule has 1 aromatic rings. The summed E-state index contributed by atoms with van der Waals surface area (Å²) >= 11 is 0. The van der Waals surface area contributed by atoms with Crippen LogP contribution in [0.15, 0.2) is 18.2 Å². The van der Waals surface area contributed by atoms with Gasteiger partial charge in [0.1, 0.15) is 11.6 Å². The minimum atomic E-state index is -0.616. The smallest absolute Gasteiger partial charge is 0.221 e. The molecule has 0 saturated heterocycles. The first-order valence-electron chi connectivity index (χ1n) is 7.40. The molecule has 1 aromatic carbocycles. The van der Waals surface area contributed by atoms with Crippen LogP contribution in [0.25, 0.3) is 0 Å². The molecular weight excluding hydrogens is 290 g/mol. The van der Waals surface area contributed by atoms with Crippen molar-refractivity contribution in [2.75, 3.05) is 33.9 Å². The molecule has 0 unspecified atom stereocenters. The molecule has 1 N–H and O–H groups in total. The molecule has 1 fully saturated rings. The van der Waals surface area contributed by atoms with Gasteiger partial charge in [0, 0.05) is 32.7 Å². The Morgan fingerprint density at radius 3 is 2.45 bits per heavy atom. The van der Waals surface area contributed by atoms with Gasteiger partial charge in [-0.25, -0.2) is 8.78 Å². The lowest BCUT2D eigenvalue weighted by Gasteiger charge is -2.20. The summed E-state index contributed by atoms with van der Waals surface area (Å²) in [5.41, 5.74) is -0.0865. The fourth-order valence-electron chi connectivity index (χ4n) is 2.42. The Morgan fingerprint density at radius 2 is 1.91 bits per heavy atom. The quantitative estimate of drug-likeness (QED) is 0.799. The number of hydrogen-bond acceptors (Lipinski definition) is 3. The number of amides is 1. The highest BCUT2D eigenvalue weighted by Crippen LogP contribution is 2.45. The monoisotopic (exact) mass is 312 g/mol. The summed E-state index contributed by atoms with van der Waals surface area (Å²) in [6.07, 6.45) is 1.77. The number of halogens is 2. The first-order valence-corrected chi connectivity index (χ1v) is 7.40. The molecule has 0 radical (unpaired) electrons. The molecule has 1 saturated carbocycles. The number of benzene rings is 1. The van der Waals surface area contributed by atoms with E-state index >= 15 is 0 Å². The maximum atomic E-state index is 13.3. The second-order valence-electron chi connectivity index (χ2n) is 5.83. The number of carbonyl (C=O) groups is 1. The molecule has 1 amide bonds. The molecular formula is C16H22F2N2O2. The van der Waals surface area contributed by atoms with Crippen LogP contribution in [0.3, 0.4) is 0 Å². The highest BCUT2D eigenvalue weighted by atomic mass is 19.1. The van der Waals surface area contributed by atoms with Gasteiger partial charge in [-0.3, -0.25) is 4.79 Å². The van der Waals surface area contributed by atoms with Crippen LogP contribution in [-0.2, 0) is 15.1 Å². The number of carbonyl (C=O) groups excluding carboxylic acids is 1. The predicted molar refractivity (Wildman–Crippen MR) is 79.4 cm³/mol. The average molecular weight is 312 g/mol. The molecule has 22 heavy (non-hydrogen) atoms. The number of methoxy groups -OCH3 is 1. The van der Waals surface area contributed by atoms with Gasteiger partial charge >= 0.3 is 0 Å². The van der Waals surface area contributed by atoms with E-state index in [0.29, 0.717) is 38.0 Å². The lowest BCUT2D eigenvalue weighted by Crippen LogP contribution is -2.37. The van der Waals surface area contributed by atoms with Gasteiger partial charge in [-0.2, -0.15) is 0 Å². The largest absolute Gasteiger partial charge is 0.383 e. The Kier molecular flexibility index (Phi) is 5.47. The summed E-state index contributed by atoms with van der Waals surface area (Å²) < 4.78 is 31.6. The summed E-state index contributed by atoms with van der Waals surface area (Å²) in [6, 6.07) is 3.42. The first-order chi connectivity index (χ1) is 10.4. The molecule has 0 heterocycles. The third-order valence-corrected chi connectivity index (χ3v) is 3.94. The van der Waals surface area contributed by atoms with Crippen LogP contribution in [0.2, 0.25) is 0 Å². The summed E-state index contributed by atoms with van der Waals surface area (Å²) in [6.45, 7) is 1.98. The number of hydrogen-bond donors (Lipinski definition) is 1. The fraction of sp³-hybridized carbons (Fsp3) is 0.562. The topological polar surface area (TPSA) is 41.6 Å². The number of rotatable bonds is 8. The Labute approximate surface area is 129 Å². The van der Waals surface area contributed by atoms with E-state index in [9.17, 15) is 13.6 Å². The zero-order valence-corrected chi connectivity index (χ0v) is 13.0. The van der Waals surface area contributed by atoms with Crippen molar-refractivity contribution in [1.29, 1.82) is 0 Å². The third-order valence-electron chi connectivity index (χ3n) is 3.94. The van der Waals surface area contributed by atoms with Gasteiger partial charge in [0.05, 0.1) is 12.1 Å². The lowest BCUT2D eigenvalue weighted by molar-refractivity contribution is -0.122. The van der Waals surface area contributed by atoms with Gasteiger partial charge in [0.2, 0.25) is 5.91 Å². The summed E-state index contributed by atoms with van der Waals surface area (Å²) in [4.78, 5) is 14.1. The van der Waals surface area contributed by atoms with Crippen LogP contribution in [-0.4, -0.2) is 44.7 Å². The summed E-state index contributed by atoms with van der Waals surface area (Å²) in [5, 5.41) is 2.92. The second kappa shape index (κ2) is 7.15. The molecule has 1 aliphatic rings. The summed E-state index contributed by atoms with van der Waals surface area (Å²) in [5.74, 6) is -1.34. The zero-order chi connectivity index (χ0) is 16.2. The van der Waals surface area contributed by atoms with Crippen molar-refractivity contribution in [3.05, 3.63) is 35.4 Å². The van der Waals surface area contributed by atoms with E-state index in [4.69, 9.17) is 4.74 Å². The maximum Gasteiger partial charge on any atom is 0.221 e. The lowest BCUT2D eigenvalue weighted by atomic mass is 10.0. The number of likely N-dealkylation sites (N-methyl/N-ethyl adjacent to an activating group) is 1. The van der Waals surface area contributed by atoms with Gasteiger partial charge in [0.15, 0.2) is 0 Å². The van der Waals surface area contributed by atoms with Crippen LogP contribution >= 0.6 is 0 Å². The van der Waals surface area contributed by atoms with Crippen LogP contribution in [0.5, 0.6) is 0 Å². The minimum absolute atomic E-state index is 0.105. The van der Waals surface area contributed by atoms with Crippen molar-refractivity contribution in [3.8, 4) is 0 Å². The van der Waals surface area contributed by atoms with E-state index in [0.717, 1.165) is 12.6 Å². The van der Waals surface area contributed by atoms with E-state index in [1.807, 2.05) is 11.9 Å². The Morgan fingerprint density at radius 1 is 1.27 bits per heavy atom. The predicted octanol–water partition coefficient (Wildman–Crippen LogP) is 2.04. The standard InChI is InChI=1S/C16H22F2N2O2/c1-20(7-8-22-2)6-3-15(21)19-16(4-5-16)12-9-13(17)11-14(18)10-12/h9-11H,3-8H2,1-2H3,(H,19,21). The van der Waals surface area contributed by atoms with Crippen LogP contribution in [0.1, 0.15) is 24.8 Å². The SMILES string of the molecule is COCCN(C)CCC(=O)NC1(c2cc(F)cc(F)c2)CC1. The molecule has 122 valence electrons. The first kappa shape index (κ1) is 16.8. The van der Waals surface area contributed by atoms with Crippen molar-refractivity contribution in [1.82, 2.24) is 10.2 Å². The fourth-order valence-corrected chi connectivity index (χ4v) is 2.42. The van der Waals surface area contributed by atoms with Crippen molar-refractivity contribution in [2.45, 2.75) is 24.8 Å². The summed E-state index contributed by atoms with van der Waals surface area (Å²) in [7, 11) is 3.55. The molecule has 1 aliphatic carbocycles. The van der Waals surface area contributed by atoms with E-state index in [1.54, 1.807) is 7.11 Å². The Hall–Kier alpha value is -1.53. The van der Waals surface area contributed by atoms with E-state index in [1.165, 1.54) is 12.1 Å². The Bertz CT molecular complexity index is 513. The molecule has 0 aliphatic heterocycles. The highest BCUT2D eigenvalue weighted by Gasteiger charge is 2.46. The Balaban J connectivity index is 1.88. The van der Waals surface area contributed by atoms with Crippen molar-refractivity contribution < 1.29 is 18.3 Å². The van der Waals surface area contributed by atoms with E-state index in [2.05, 4.69) is 5.32 Å². The number of ether oxygens (including phenoxy) is 1. The molecule has 2 rings (SSSR count). The number of nitrogens with zero attached hydrogens (tertiary/aromatic N) is 1. The normalized spacial score (nSPS) is 15.9. The third kappa shape index (κ3) is 4.48. The van der Waals surface area contributed by atoms with E-state index in [-0.39, 0.29) is 5.91 Å². The highest BCUT2D eigenvalue weighted by molar-refractivity contribution is 5.77. The van der Waals surface area contributed by atoms with Crippen molar-refractivity contribution >= 4 is 5.91 Å². The van der Waals surface area contributed by atoms with Crippen molar-refractivity contribution in [3.63, 3.8) is 0 Å². The molecule has 0 atom stereocenters. The van der Waals surface area contributed by atoms with Gasteiger partial charge in [-0.1, -0.05) is 0 Å². The van der Waals surface area contributed by atoms with Crippen molar-refractivity contribution in [2.24, 2.45) is 0 Å². The van der Waals surface area contributed by atoms with Crippen LogP contribution in [0, 0.1) is 11.6 Å². The van der Waals surface area contributed by atoms with Gasteiger partial charge in [0.25, 0.3) is 0 Å². The minimum Gasteiger partial charge on any atom is -0.383 e. The van der Waals surface area contributed by atoms with Gasteiger partial charge in [-0.05, 0) is 37.6 Å². The van der Waals surface area contributed by atoms with Gasteiger partial charge < -0.3 is 15.0 Å². The molecule has 0 aromatic heterocycles. The molecule has 0 spiro atoms. The van der Waals surface area contributed by atoms with E-state index < -0.39 is 17.2 Å². The molecule has 6 heteroatoms. The maximum absolute atomic E-state index is 13.3. The average Bonchev–Trinajstić information content (AvgIpc) is 3.22. The van der Waals surface area contributed by atoms with Crippen LogP contribution in [0.4, 0.5) is 8.78 Å². The molecule has 4 nitrogen and oxygen atoms in total. The van der Waals surface area contributed by atoms with Crippen LogP contribution < -0.4 is 5.32 Å². The second-order valence-corrected chi connectivity index (χ2v) is 5.83. The van der Waals surface area contributed by atoms with Gasteiger partial charge in [-0.15, -0.1) is 0 Å². The zero-order valence-electron chi connectivity index (χ0n) is 13.0.